The van der Waals surface area contributed by atoms with Crippen LogP contribution >= 0.6 is 0 Å². The maximum atomic E-state index is 13.7. The number of aromatic nitrogens is 1. The van der Waals surface area contributed by atoms with Gasteiger partial charge in [0.15, 0.2) is 11.5 Å². The lowest BCUT2D eigenvalue weighted by molar-refractivity contribution is 0.0331. The normalized spacial score (nSPS) is 16.9. The number of carbonyl (C=O) groups excluding carboxylic acids is 1. The van der Waals surface area contributed by atoms with Crippen molar-refractivity contribution in [1.82, 2.24) is 9.47 Å². The van der Waals surface area contributed by atoms with Crippen LogP contribution in [-0.2, 0) is 13.0 Å². The number of aliphatic hydroxyl groups is 1. The highest BCUT2D eigenvalue weighted by atomic mass is 19.1. The molecule has 2 aromatic carbocycles. The molecule has 0 spiro atoms. The Morgan fingerprint density at radius 1 is 1.20 bits per heavy atom. The zero-order chi connectivity index (χ0) is 25.2. The van der Waals surface area contributed by atoms with Crippen LogP contribution in [0.15, 0.2) is 42.6 Å². The van der Waals surface area contributed by atoms with E-state index < -0.39 is 5.91 Å². The topological polar surface area (TPSA) is 90.0 Å². The number of aryl methyl sites for hydroxylation is 1. The number of carbonyl (C=O) groups is 1. The van der Waals surface area contributed by atoms with Gasteiger partial charge in [-0.2, -0.15) is 0 Å². The van der Waals surface area contributed by atoms with E-state index in [0.717, 1.165) is 16.5 Å². The van der Waals surface area contributed by atoms with Crippen LogP contribution in [0.2, 0.25) is 0 Å². The van der Waals surface area contributed by atoms with Crippen molar-refractivity contribution in [3.05, 3.63) is 59.5 Å². The average molecular weight is 484 g/mol. The fourth-order valence-corrected chi connectivity index (χ4v) is 5.02. The molecule has 0 unspecified atom stereocenters. The molecule has 0 fully saturated rings. The Bertz CT molecular complexity index is 1210. The Labute approximate surface area is 205 Å². The first-order valence-electron chi connectivity index (χ1n) is 12.0. The summed E-state index contributed by atoms with van der Waals surface area (Å²) >= 11 is 0. The largest absolute Gasteiger partial charge is 0.488 e. The molecule has 188 valence electrons. The van der Waals surface area contributed by atoms with Gasteiger partial charge in [-0.05, 0) is 69.5 Å². The molecular weight excluding hydrogens is 449 g/mol. The fourth-order valence-electron chi connectivity index (χ4n) is 5.02. The standard InChI is InChI=1S/C27H34FN3O4/c1-18(31-10-12-34-23-6-5-21(28)16-24(23)35-17-27(31,2)3)13-19-14-20-7-9-30(8-4-11-32)25(20)22(15-19)26(29)33/h5-7,9,14-16,18,32H,4,8,10-13,17H2,1-3H3,(H2,29,33)/t18-/m1/s1. The number of ether oxygens (including phenoxy) is 2. The molecule has 35 heavy (non-hydrogen) atoms. The lowest BCUT2D eigenvalue weighted by atomic mass is 9.96. The van der Waals surface area contributed by atoms with E-state index in [1.807, 2.05) is 22.9 Å². The zero-order valence-electron chi connectivity index (χ0n) is 20.6. The summed E-state index contributed by atoms with van der Waals surface area (Å²) < 4.78 is 27.6. The molecule has 0 saturated carbocycles. The Kier molecular flexibility index (Phi) is 7.33. The van der Waals surface area contributed by atoms with Crippen LogP contribution in [0.3, 0.4) is 0 Å². The molecule has 7 nitrogen and oxygen atoms in total. The molecule has 3 N–H and O–H groups in total. The van der Waals surface area contributed by atoms with Crippen LogP contribution in [0, 0.1) is 5.82 Å². The van der Waals surface area contributed by atoms with Gasteiger partial charge in [0, 0.05) is 48.9 Å². The highest BCUT2D eigenvalue weighted by molar-refractivity contribution is 6.05. The van der Waals surface area contributed by atoms with Gasteiger partial charge in [0.2, 0.25) is 0 Å². The maximum Gasteiger partial charge on any atom is 0.250 e. The number of nitrogens with zero attached hydrogens (tertiary/aromatic N) is 2. The van der Waals surface area contributed by atoms with Gasteiger partial charge in [-0.15, -0.1) is 0 Å². The molecule has 0 radical (unpaired) electrons. The molecule has 8 heteroatoms. The third-order valence-electron chi connectivity index (χ3n) is 6.66. The molecule has 4 rings (SSSR count). The van der Waals surface area contributed by atoms with Gasteiger partial charge < -0.3 is 24.9 Å². The summed E-state index contributed by atoms with van der Waals surface area (Å²) in [5.74, 6) is 0.123. The quantitative estimate of drug-likeness (QED) is 0.534. The maximum absolute atomic E-state index is 13.7. The average Bonchev–Trinajstić information content (AvgIpc) is 3.23. The Morgan fingerprint density at radius 2 is 2.00 bits per heavy atom. The molecule has 1 amide bonds. The Morgan fingerprint density at radius 3 is 2.74 bits per heavy atom. The van der Waals surface area contributed by atoms with Crippen molar-refractivity contribution in [2.75, 3.05) is 26.4 Å². The molecule has 0 saturated heterocycles. The van der Waals surface area contributed by atoms with Crippen molar-refractivity contribution in [1.29, 1.82) is 0 Å². The predicted octanol–water partition coefficient (Wildman–Crippen LogP) is 3.74. The second kappa shape index (κ2) is 10.3. The summed E-state index contributed by atoms with van der Waals surface area (Å²) in [6.07, 6.45) is 3.23. The second-order valence-corrected chi connectivity index (χ2v) is 9.82. The lowest BCUT2D eigenvalue weighted by Gasteiger charge is -2.41. The monoisotopic (exact) mass is 483 g/mol. The van der Waals surface area contributed by atoms with Crippen molar-refractivity contribution in [3.63, 3.8) is 0 Å². The molecule has 3 aromatic rings. The fraction of sp³-hybridized carbons (Fsp3) is 0.444. The number of rotatable bonds is 7. The van der Waals surface area contributed by atoms with Gasteiger partial charge in [0.05, 0.1) is 11.1 Å². The summed E-state index contributed by atoms with van der Waals surface area (Å²) in [6, 6.07) is 10.4. The summed E-state index contributed by atoms with van der Waals surface area (Å²) in [5.41, 5.74) is 7.72. The number of aliphatic hydroxyl groups excluding tert-OH is 1. The Balaban J connectivity index is 1.58. The highest BCUT2D eigenvalue weighted by Crippen LogP contribution is 2.32. The number of benzene rings is 2. The molecule has 2 heterocycles. The molecule has 0 aliphatic carbocycles. The summed E-state index contributed by atoms with van der Waals surface area (Å²) in [6.45, 7) is 8.53. The van der Waals surface area contributed by atoms with E-state index in [1.54, 1.807) is 6.07 Å². The number of amides is 1. The predicted molar refractivity (Wildman–Crippen MR) is 133 cm³/mol. The van der Waals surface area contributed by atoms with Gasteiger partial charge in [-0.1, -0.05) is 0 Å². The third-order valence-corrected chi connectivity index (χ3v) is 6.66. The second-order valence-electron chi connectivity index (χ2n) is 9.82. The first-order valence-corrected chi connectivity index (χ1v) is 12.0. The van der Waals surface area contributed by atoms with Crippen molar-refractivity contribution in [3.8, 4) is 11.5 Å². The van der Waals surface area contributed by atoms with Crippen LogP contribution < -0.4 is 15.2 Å². The van der Waals surface area contributed by atoms with Crippen LogP contribution in [0.1, 0.15) is 43.1 Å². The van der Waals surface area contributed by atoms with Crippen LogP contribution in [0.25, 0.3) is 10.9 Å². The van der Waals surface area contributed by atoms with Crippen molar-refractivity contribution in [2.24, 2.45) is 5.73 Å². The van der Waals surface area contributed by atoms with Crippen LogP contribution in [0.5, 0.6) is 11.5 Å². The van der Waals surface area contributed by atoms with E-state index in [1.165, 1.54) is 12.1 Å². The van der Waals surface area contributed by atoms with E-state index in [4.69, 9.17) is 15.2 Å². The number of nitrogens with two attached hydrogens (primary N) is 1. The van der Waals surface area contributed by atoms with E-state index in [2.05, 4.69) is 31.7 Å². The zero-order valence-corrected chi connectivity index (χ0v) is 20.6. The minimum Gasteiger partial charge on any atom is -0.488 e. The SMILES string of the molecule is C[C@H](Cc1cc(C(N)=O)c2c(ccn2CCCO)c1)N1CCOc2ccc(F)cc2OCC1(C)C. The minimum absolute atomic E-state index is 0.0836. The van der Waals surface area contributed by atoms with Crippen LogP contribution in [0.4, 0.5) is 4.39 Å². The van der Waals surface area contributed by atoms with E-state index in [-0.39, 0.29) is 24.0 Å². The molecule has 0 bridgehead atoms. The number of fused-ring (bicyclic) bond motifs is 2. The summed E-state index contributed by atoms with van der Waals surface area (Å²) in [7, 11) is 0. The molecule has 1 atom stereocenters. The van der Waals surface area contributed by atoms with E-state index >= 15 is 0 Å². The van der Waals surface area contributed by atoms with Gasteiger partial charge in [-0.25, -0.2) is 4.39 Å². The van der Waals surface area contributed by atoms with Crippen molar-refractivity contribution < 1.29 is 23.8 Å². The first kappa shape index (κ1) is 25.0. The van der Waals surface area contributed by atoms with Gasteiger partial charge in [0.1, 0.15) is 19.0 Å². The summed E-state index contributed by atoms with van der Waals surface area (Å²) in [4.78, 5) is 14.7. The molecular formula is C27H34FN3O4. The summed E-state index contributed by atoms with van der Waals surface area (Å²) in [5, 5.41) is 10.2. The van der Waals surface area contributed by atoms with Gasteiger partial charge in [0.25, 0.3) is 5.91 Å². The van der Waals surface area contributed by atoms with Crippen LogP contribution in [-0.4, -0.2) is 58.4 Å². The number of primary amides is 1. The highest BCUT2D eigenvalue weighted by Gasteiger charge is 2.33. The lowest BCUT2D eigenvalue weighted by Crippen LogP contribution is -2.54. The molecule has 1 aliphatic rings. The first-order chi connectivity index (χ1) is 16.7. The van der Waals surface area contributed by atoms with E-state index in [9.17, 15) is 14.3 Å². The number of halogens is 1. The smallest absolute Gasteiger partial charge is 0.250 e. The van der Waals surface area contributed by atoms with Gasteiger partial charge in [-0.3, -0.25) is 9.69 Å². The number of hydrogen-bond acceptors (Lipinski definition) is 5. The number of hydrogen-bond donors (Lipinski definition) is 2. The van der Waals surface area contributed by atoms with Crippen molar-refractivity contribution in [2.45, 2.75) is 51.7 Å². The van der Waals surface area contributed by atoms with Gasteiger partial charge >= 0.3 is 0 Å². The molecule has 1 aromatic heterocycles. The molecule has 1 aliphatic heterocycles. The van der Waals surface area contributed by atoms with Crippen molar-refractivity contribution >= 4 is 16.8 Å². The van der Waals surface area contributed by atoms with E-state index in [0.29, 0.717) is 56.2 Å². The third kappa shape index (κ3) is 5.44. The minimum atomic E-state index is -0.469. The Hall–Kier alpha value is -3.10.